The normalized spacial score (nSPS) is 19.3. The number of nitrogens with zero attached hydrogens (tertiary/aromatic N) is 1. The van der Waals surface area contributed by atoms with Gasteiger partial charge < -0.3 is 4.74 Å². The van der Waals surface area contributed by atoms with Crippen molar-refractivity contribution in [1.82, 2.24) is 4.98 Å². The van der Waals surface area contributed by atoms with Gasteiger partial charge in [0.05, 0.1) is 9.95 Å². The zero-order valence-corrected chi connectivity index (χ0v) is 13.7. The number of Topliss-reactive ketones (excluding diaryl/α,β-unsaturated/α-hetero) is 1. The molecule has 1 saturated heterocycles. The number of thioether (sulfide) groups is 1. The van der Waals surface area contributed by atoms with E-state index >= 15 is 0 Å². The van der Waals surface area contributed by atoms with E-state index in [1.807, 2.05) is 0 Å². The molecule has 0 spiro atoms. The van der Waals surface area contributed by atoms with Crippen LogP contribution in [0.25, 0.3) is 6.08 Å². The number of rotatable bonds is 3. The molecule has 3 rings (SSSR count). The molecule has 0 aliphatic carbocycles. The third-order valence-corrected chi connectivity index (χ3v) is 4.96. The molecule has 1 aliphatic rings. The number of hydrogen-bond acceptors (Lipinski definition) is 7. The van der Waals surface area contributed by atoms with Crippen molar-refractivity contribution in [3.63, 3.8) is 0 Å². The number of allylic oxidation sites excluding steroid dienone is 1. The summed E-state index contributed by atoms with van der Waals surface area (Å²) >= 11 is 2.55. The monoisotopic (exact) mass is 344 g/mol. The average molecular weight is 344 g/mol. The van der Waals surface area contributed by atoms with E-state index < -0.39 is 5.92 Å². The minimum absolute atomic E-state index is 0.0981. The number of ether oxygens (including phenoxy) is 1. The molecular weight excluding hydrogens is 332 g/mol. The Kier molecular flexibility index (Phi) is 4.40. The highest BCUT2D eigenvalue weighted by molar-refractivity contribution is 8.19. The standard InChI is InChI=1S/C16H12N2O3S2/c1-9(19)21-11-4-2-10(3-5-11)8-12-14(20)13(15(17)23-12)16-18-6-7-22-16/h2-8,13,17H,1H3/b12-8-,17-15?/t13-/m0/s1. The number of ketones is 1. The van der Waals surface area contributed by atoms with Crippen molar-refractivity contribution in [3.05, 3.63) is 51.3 Å². The van der Waals surface area contributed by atoms with Gasteiger partial charge in [0.2, 0.25) is 0 Å². The summed E-state index contributed by atoms with van der Waals surface area (Å²) in [6, 6.07) is 6.86. The van der Waals surface area contributed by atoms with E-state index in [9.17, 15) is 9.59 Å². The fourth-order valence-electron chi connectivity index (χ4n) is 2.14. The molecule has 2 aromatic rings. The first-order valence-electron chi connectivity index (χ1n) is 6.74. The van der Waals surface area contributed by atoms with E-state index in [2.05, 4.69) is 4.98 Å². The lowest BCUT2D eigenvalue weighted by Gasteiger charge is -2.02. The van der Waals surface area contributed by atoms with E-state index in [1.54, 1.807) is 41.9 Å². The van der Waals surface area contributed by atoms with Gasteiger partial charge in [-0.2, -0.15) is 0 Å². The molecule has 0 radical (unpaired) electrons. The van der Waals surface area contributed by atoms with E-state index in [0.717, 1.165) is 5.56 Å². The first kappa shape index (κ1) is 15.6. The Bertz CT molecular complexity index is 795. The number of carbonyl (C=O) groups is 2. The van der Waals surface area contributed by atoms with Gasteiger partial charge in [-0.05, 0) is 23.8 Å². The summed E-state index contributed by atoms with van der Waals surface area (Å²) in [5.74, 6) is -0.596. The van der Waals surface area contributed by atoms with Crippen LogP contribution in [-0.4, -0.2) is 21.8 Å². The van der Waals surface area contributed by atoms with Gasteiger partial charge in [-0.25, -0.2) is 4.98 Å². The summed E-state index contributed by atoms with van der Waals surface area (Å²) in [6.07, 6.45) is 3.38. The van der Waals surface area contributed by atoms with E-state index in [4.69, 9.17) is 10.1 Å². The molecule has 0 amide bonds. The van der Waals surface area contributed by atoms with Crippen LogP contribution in [0.5, 0.6) is 5.75 Å². The Morgan fingerprint density at radius 3 is 2.70 bits per heavy atom. The van der Waals surface area contributed by atoms with Crippen molar-refractivity contribution < 1.29 is 14.3 Å². The summed E-state index contributed by atoms with van der Waals surface area (Å²) in [5, 5.41) is 10.8. The van der Waals surface area contributed by atoms with Gasteiger partial charge in [0, 0.05) is 18.5 Å². The maximum atomic E-state index is 12.5. The third kappa shape index (κ3) is 3.40. The molecular formula is C16H12N2O3S2. The summed E-state index contributed by atoms with van der Waals surface area (Å²) in [6.45, 7) is 1.34. The Morgan fingerprint density at radius 2 is 2.09 bits per heavy atom. The van der Waals surface area contributed by atoms with Crippen LogP contribution in [0, 0.1) is 5.41 Å². The first-order chi connectivity index (χ1) is 11.0. The van der Waals surface area contributed by atoms with Crippen molar-refractivity contribution >= 4 is 46.0 Å². The minimum Gasteiger partial charge on any atom is -0.427 e. The number of carbonyl (C=O) groups excluding carboxylic acids is 2. The summed E-state index contributed by atoms with van der Waals surface area (Å²) < 4.78 is 4.97. The van der Waals surface area contributed by atoms with Crippen LogP contribution in [0.15, 0.2) is 40.7 Å². The van der Waals surface area contributed by atoms with E-state index in [0.29, 0.717) is 20.7 Å². The molecule has 23 heavy (non-hydrogen) atoms. The second-order valence-electron chi connectivity index (χ2n) is 4.81. The van der Waals surface area contributed by atoms with Crippen LogP contribution >= 0.6 is 23.1 Å². The molecule has 7 heteroatoms. The number of nitrogens with one attached hydrogen (secondary N) is 1. The molecule has 0 bridgehead atoms. The van der Waals surface area contributed by atoms with Crippen LogP contribution < -0.4 is 4.74 Å². The highest BCUT2D eigenvalue weighted by Crippen LogP contribution is 2.41. The zero-order valence-electron chi connectivity index (χ0n) is 12.1. The second kappa shape index (κ2) is 6.47. The molecule has 1 N–H and O–H groups in total. The SMILES string of the molecule is CC(=O)Oc1ccc(/C=C2\SC(=N)[C@@H](c3nccs3)C2=O)cc1. The largest absolute Gasteiger partial charge is 0.427 e. The van der Waals surface area contributed by atoms with Gasteiger partial charge >= 0.3 is 5.97 Å². The Morgan fingerprint density at radius 1 is 1.35 bits per heavy atom. The molecule has 1 fully saturated rings. The van der Waals surface area contributed by atoms with Gasteiger partial charge in [-0.15, -0.1) is 11.3 Å². The van der Waals surface area contributed by atoms with Crippen LogP contribution in [0.3, 0.4) is 0 Å². The highest BCUT2D eigenvalue weighted by Gasteiger charge is 2.38. The minimum atomic E-state index is -0.577. The van der Waals surface area contributed by atoms with Crippen molar-refractivity contribution in [2.45, 2.75) is 12.8 Å². The smallest absolute Gasteiger partial charge is 0.308 e. The number of aromatic nitrogens is 1. The highest BCUT2D eigenvalue weighted by atomic mass is 32.2. The lowest BCUT2D eigenvalue weighted by atomic mass is 10.1. The molecule has 2 heterocycles. The van der Waals surface area contributed by atoms with E-state index in [1.165, 1.54) is 30.0 Å². The summed E-state index contributed by atoms with van der Waals surface area (Å²) in [7, 11) is 0. The van der Waals surface area contributed by atoms with Gasteiger partial charge in [0.25, 0.3) is 0 Å². The fourth-order valence-corrected chi connectivity index (χ4v) is 3.95. The van der Waals surface area contributed by atoms with Crippen molar-refractivity contribution in [2.24, 2.45) is 0 Å². The van der Waals surface area contributed by atoms with Crippen molar-refractivity contribution in [2.75, 3.05) is 0 Å². The third-order valence-electron chi connectivity index (χ3n) is 3.12. The van der Waals surface area contributed by atoms with Crippen LogP contribution in [0.2, 0.25) is 0 Å². The van der Waals surface area contributed by atoms with Gasteiger partial charge in [-0.1, -0.05) is 23.9 Å². The average Bonchev–Trinajstić information content (AvgIpc) is 3.10. The van der Waals surface area contributed by atoms with Gasteiger partial charge in [-0.3, -0.25) is 15.0 Å². The number of esters is 1. The molecule has 0 unspecified atom stereocenters. The van der Waals surface area contributed by atoms with Gasteiger partial charge in [0.1, 0.15) is 16.7 Å². The predicted molar refractivity (Wildman–Crippen MR) is 90.9 cm³/mol. The Balaban J connectivity index is 1.82. The Labute approximate surface area is 140 Å². The lowest BCUT2D eigenvalue weighted by molar-refractivity contribution is -0.131. The number of hydrogen-bond donors (Lipinski definition) is 1. The van der Waals surface area contributed by atoms with Gasteiger partial charge in [0.15, 0.2) is 5.78 Å². The first-order valence-corrected chi connectivity index (χ1v) is 8.44. The molecule has 1 aromatic heterocycles. The fraction of sp³-hybridized carbons (Fsp3) is 0.125. The van der Waals surface area contributed by atoms with Crippen LogP contribution in [-0.2, 0) is 9.59 Å². The lowest BCUT2D eigenvalue weighted by Crippen LogP contribution is -2.11. The quantitative estimate of drug-likeness (QED) is 0.524. The summed E-state index contributed by atoms with van der Waals surface area (Å²) in [5.41, 5.74) is 0.810. The van der Waals surface area contributed by atoms with Crippen LogP contribution in [0.4, 0.5) is 0 Å². The topological polar surface area (TPSA) is 80.1 Å². The maximum absolute atomic E-state index is 12.5. The number of benzene rings is 1. The number of thiazole rings is 1. The molecule has 1 aromatic carbocycles. The molecule has 5 nitrogen and oxygen atoms in total. The molecule has 1 aliphatic heterocycles. The van der Waals surface area contributed by atoms with Crippen LogP contribution in [0.1, 0.15) is 23.4 Å². The zero-order chi connectivity index (χ0) is 16.4. The predicted octanol–water partition coefficient (Wildman–Crippen LogP) is 3.49. The van der Waals surface area contributed by atoms with Crippen molar-refractivity contribution in [3.8, 4) is 5.75 Å². The second-order valence-corrected chi connectivity index (χ2v) is 6.82. The Hall–Kier alpha value is -2.25. The molecule has 116 valence electrons. The molecule has 1 atom stereocenters. The molecule has 0 saturated carbocycles. The maximum Gasteiger partial charge on any atom is 0.308 e. The van der Waals surface area contributed by atoms with E-state index in [-0.39, 0.29) is 11.8 Å². The van der Waals surface area contributed by atoms with Crippen molar-refractivity contribution in [1.29, 1.82) is 5.41 Å². The summed E-state index contributed by atoms with van der Waals surface area (Å²) in [4.78, 5) is 28.1.